The van der Waals surface area contributed by atoms with Gasteiger partial charge in [-0.3, -0.25) is 0 Å². The zero-order valence-corrected chi connectivity index (χ0v) is 15.1. The lowest BCUT2D eigenvalue weighted by Crippen LogP contribution is -2.36. The Hall–Kier alpha value is -2.24. The van der Waals surface area contributed by atoms with Gasteiger partial charge in [-0.2, -0.15) is 4.80 Å². The summed E-state index contributed by atoms with van der Waals surface area (Å²) in [5, 5.41) is 12.3. The predicted octanol–water partition coefficient (Wildman–Crippen LogP) is 3.34. The quantitative estimate of drug-likeness (QED) is 0.779. The van der Waals surface area contributed by atoms with Gasteiger partial charge >= 0.3 is 5.97 Å². The van der Waals surface area contributed by atoms with Gasteiger partial charge in [0, 0.05) is 5.56 Å². The molecular formula is C19H26N4O2. The Morgan fingerprint density at radius 2 is 2.04 bits per heavy atom. The molecular weight excluding hydrogens is 316 g/mol. The number of hydrogen-bond acceptors (Lipinski definition) is 5. The number of aromatic nitrogens is 4. The highest BCUT2D eigenvalue weighted by molar-refractivity contribution is 5.69. The van der Waals surface area contributed by atoms with Crippen molar-refractivity contribution in [2.24, 2.45) is 17.8 Å². The molecule has 3 rings (SSSR count). The molecule has 6 nitrogen and oxygen atoms in total. The summed E-state index contributed by atoms with van der Waals surface area (Å²) in [6.45, 7) is 6.62. The van der Waals surface area contributed by atoms with E-state index in [-0.39, 0.29) is 18.6 Å². The normalized spacial score (nSPS) is 23.6. The average Bonchev–Trinajstić information content (AvgIpc) is 3.03. The summed E-state index contributed by atoms with van der Waals surface area (Å²) in [6.07, 6.45) is 3.26. The van der Waals surface area contributed by atoms with Crippen LogP contribution in [0.2, 0.25) is 0 Å². The molecule has 0 amide bonds. The molecule has 0 aliphatic heterocycles. The van der Waals surface area contributed by atoms with Gasteiger partial charge in [-0.05, 0) is 35.8 Å². The van der Waals surface area contributed by atoms with E-state index in [9.17, 15) is 4.79 Å². The molecule has 0 radical (unpaired) electrons. The number of nitrogens with zero attached hydrogens (tertiary/aromatic N) is 4. The van der Waals surface area contributed by atoms with E-state index in [2.05, 4.69) is 36.2 Å². The first-order valence-electron chi connectivity index (χ1n) is 9.05. The van der Waals surface area contributed by atoms with Crippen LogP contribution in [-0.4, -0.2) is 32.3 Å². The fraction of sp³-hybridized carbons (Fsp3) is 0.579. The van der Waals surface area contributed by atoms with Crippen molar-refractivity contribution < 1.29 is 9.53 Å². The summed E-state index contributed by atoms with van der Waals surface area (Å²) in [4.78, 5) is 13.7. The number of tetrazole rings is 1. The van der Waals surface area contributed by atoms with Gasteiger partial charge in [0.15, 0.2) is 6.54 Å². The van der Waals surface area contributed by atoms with Gasteiger partial charge in [0.25, 0.3) is 0 Å². The second-order valence-electron chi connectivity index (χ2n) is 7.36. The van der Waals surface area contributed by atoms with Crippen molar-refractivity contribution in [3.8, 4) is 11.4 Å². The highest BCUT2D eigenvalue weighted by atomic mass is 16.5. The molecule has 134 valence electrons. The minimum Gasteiger partial charge on any atom is -0.461 e. The van der Waals surface area contributed by atoms with Crippen molar-refractivity contribution in [2.45, 2.75) is 52.7 Å². The summed E-state index contributed by atoms with van der Waals surface area (Å²) >= 11 is 0. The van der Waals surface area contributed by atoms with Gasteiger partial charge < -0.3 is 4.74 Å². The maximum atomic E-state index is 12.4. The average molecular weight is 342 g/mol. The molecule has 0 bridgehead atoms. The van der Waals surface area contributed by atoms with Crippen LogP contribution in [0, 0.1) is 17.8 Å². The van der Waals surface area contributed by atoms with E-state index in [1.165, 1.54) is 11.2 Å². The lowest BCUT2D eigenvalue weighted by Gasteiger charge is -2.36. The van der Waals surface area contributed by atoms with E-state index in [0.29, 0.717) is 23.6 Å². The van der Waals surface area contributed by atoms with Crippen LogP contribution in [-0.2, 0) is 16.1 Å². The summed E-state index contributed by atoms with van der Waals surface area (Å²) in [7, 11) is 0. The summed E-state index contributed by atoms with van der Waals surface area (Å²) in [5.41, 5.74) is 0.878. The highest BCUT2D eigenvalue weighted by Crippen LogP contribution is 2.35. The number of ether oxygens (including phenoxy) is 1. The van der Waals surface area contributed by atoms with E-state index in [4.69, 9.17) is 4.74 Å². The van der Waals surface area contributed by atoms with Gasteiger partial charge in [-0.25, -0.2) is 4.79 Å². The van der Waals surface area contributed by atoms with Crippen LogP contribution >= 0.6 is 0 Å². The van der Waals surface area contributed by atoms with Gasteiger partial charge in [0.1, 0.15) is 6.10 Å². The predicted molar refractivity (Wildman–Crippen MR) is 94.5 cm³/mol. The van der Waals surface area contributed by atoms with Crippen LogP contribution in [0.3, 0.4) is 0 Å². The fourth-order valence-corrected chi connectivity index (χ4v) is 3.58. The number of rotatable bonds is 5. The first kappa shape index (κ1) is 17.6. The van der Waals surface area contributed by atoms with Crippen molar-refractivity contribution in [1.82, 2.24) is 20.2 Å². The molecule has 1 saturated carbocycles. The minimum atomic E-state index is -0.290. The Morgan fingerprint density at radius 1 is 1.28 bits per heavy atom. The van der Waals surface area contributed by atoms with Gasteiger partial charge in [0.2, 0.25) is 5.82 Å². The lowest BCUT2D eigenvalue weighted by atomic mass is 9.75. The van der Waals surface area contributed by atoms with Gasteiger partial charge in [0.05, 0.1) is 0 Å². The first-order valence-corrected chi connectivity index (χ1v) is 9.05. The Labute approximate surface area is 148 Å². The molecule has 1 aromatic heterocycles. The van der Waals surface area contributed by atoms with E-state index >= 15 is 0 Å². The molecule has 0 spiro atoms. The van der Waals surface area contributed by atoms with Crippen LogP contribution in [0.25, 0.3) is 11.4 Å². The van der Waals surface area contributed by atoms with Crippen LogP contribution in [0.1, 0.15) is 40.0 Å². The van der Waals surface area contributed by atoms with Crippen LogP contribution in [0.5, 0.6) is 0 Å². The second kappa shape index (κ2) is 7.76. The standard InChI is InChI=1S/C19H26N4O2/c1-13(2)16-10-9-14(3)11-17(16)25-18(24)12-23-21-19(20-22-23)15-7-5-4-6-8-15/h4-8,13-14,16-17H,9-12H2,1-3H3/t14-,16+,17+/m0/s1. The third-order valence-corrected chi connectivity index (χ3v) is 5.00. The molecule has 1 aromatic carbocycles. The molecule has 2 aromatic rings. The molecule has 0 N–H and O–H groups in total. The second-order valence-corrected chi connectivity index (χ2v) is 7.36. The third kappa shape index (κ3) is 4.44. The van der Waals surface area contributed by atoms with Crippen LogP contribution < -0.4 is 0 Å². The Bertz CT molecular complexity index is 698. The lowest BCUT2D eigenvalue weighted by molar-refractivity contribution is -0.157. The molecule has 0 saturated heterocycles. The number of carbonyl (C=O) groups is 1. The number of benzene rings is 1. The number of esters is 1. The van der Waals surface area contributed by atoms with E-state index in [0.717, 1.165) is 18.4 Å². The van der Waals surface area contributed by atoms with E-state index in [1.54, 1.807) is 0 Å². The summed E-state index contributed by atoms with van der Waals surface area (Å²) < 4.78 is 5.79. The Balaban J connectivity index is 1.61. The van der Waals surface area contributed by atoms with Gasteiger partial charge in [-0.15, -0.1) is 10.2 Å². The maximum absolute atomic E-state index is 12.4. The molecule has 1 heterocycles. The smallest absolute Gasteiger partial charge is 0.330 e. The zero-order chi connectivity index (χ0) is 17.8. The topological polar surface area (TPSA) is 69.9 Å². The van der Waals surface area contributed by atoms with Crippen molar-refractivity contribution in [1.29, 1.82) is 0 Å². The molecule has 1 aliphatic carbocycles. The van der Waals surface area contributed by atoms with E-state index < -0.39 is 0 Å². The SMILES string of the molecule is CC(C)[C@H]1CC[C@H](C)C[C@H]1OC(=O)Cn1nnc(-c2ccccc2)n1. The maximum Gasteiger partial charge on any atom is 0.330 e. The van der Waals surface area contributed by atoms with Crippen molar-refractivity contribution in [3.63, 3.8) is 0 Å². The van der Waals surface area contributed by atoms with Crippen LogP contribution in [0.15, 0.2) is 30.3 Å². The zero-order valence-electron chi connectivity index (χ0n) is 15.1. The van der Waals surface area contributed by atoms with Crippen molar-refractivity contribution >= 4 is 5.97 Å². The summed E-state index contributed by atoms with van der Waals surface area (Å²) in [5.74, 6) is 1.77. The first-order chi connectivity index (χ1) is 12.0. The number of carbonyl (C=O) groups excluding carboxylic acids is 1. The van der Waals surface area contributed by atoms with Crippen molar-refractivity contribution in [2.75, 3.05) is 0 Å². The fourth-order valence-electron chi connectivity index (χ4n) is 3.58. The molecule has 0 unspecified atom stereocenters. The summed E-state index contributed by atoms with van der Waals surface area (Å²) in [6, 6.07) is 9.59. The van der Waals surface area contributed by atoms with Crippen molar-refractivity contribution in [3.05, 3.63) is 30.3 Å². The molecule has 1 aliphatic rings. The number of hydrogen-bond donors (Lipinski definition) is 0. The van der Waals surface area contributed by atoms with E-state index in [1.807, 2.05) is 30.3 Å². The molecule has 25 heavy (non-hydrogen) atoms. The van der Waals surface area contributed by atoms with Crippen LogP contribution in [0.4, 0.5) is 0 Å². The molecule has 3 atom stereocenters. The molecule has 1 fully saturated rings. The highest BCUT2D eigenvalue weighted by Gasteiger charge is 2.33. The van der Waals surface area contributed by atoms with Gasteiger partial charge in [-0.1, -0.05) is 57.5 Å². The third-order valence-electron chi connectivity index (χ3n) is 5.00. The minimum absolute atomic E-state index is 0.00443. The Morgan fingerprint density at radius 3 is 2.76 bits per heavy atom. The monoisotopic (exact) mass is 342 g/mol. The largest absolute Gasteiger partial charge is 0.461 e. The Kier molecular flexibility index (Phi) is 5.46. The molecule has 6 heteroatoms.